The first-order chi connectivity index (χ1) is 16.0. The zero-order valence-corrected chi connectivity index (χ0v) is 19.2. The molecule has 0 spiro atoms. The Hall–Kier alpha value is -3.17. The zero-order chi connectivity index (χ0) is 23.2. The molecule has 2 atom stereocenters. The molecule has 0 radical (unpaired) electrons. The van der Waals surface area contributed by atoms with Crippen molar-refractivity contribution in [3.63, 3.8) is 0 Å². The summed E-state index contributed by atoms with van der Waals surface area (Å²) in [6.45, 7) is 4.83. The van der Waals surface area contributed by atoms with Gasteiger partial charge in [0.2, 0.25) is 0 Å². The SMILES string of the molecule is C[C@H](NC(=O)C(=O)NCc1ccco1)[C@@H](c1cccs1)N1CCN(c2ccccc2F)CC1. The highest BCUT2D eigenvalue weighted by Crippen LogP contribution is 2.30. The third kappa shape index (κ3) is 5.61. The summed E-state index contributed by atoms with van der Waals surface area (Å²) >= 11 is 1.62. The molecule has 2 amide bonds. The fourth-order valence-electron chi connectivity index (χ4n) is 4.16. The van der Waals surface area contributed by atoms with Gasteiger partial charge in [0.25, 0.3) is 0 Å². The quantitative estimate of drug-likeness (QED) is 0.519. The Labute approximate surface area is 196 Å². The van der Waals surface area contributed by atoms with Crippen molar-refractivity contribution in [2.45, 2.75) is 25.6 Å². The van der Waals surface area contributed by atoms with E-state index in [-0.39, 0.29) is 24.4 Å². The number of amides is 2. The minimum Gasteiger partial charge on any atom is -0.467 e. The minimum absolute atomic E-state index is 0.0883. The van der Waals surface area contributed by atoms with E-state index in [0.717, 1.165) is 4.88 Å². The Morgan fingerprint density at radius 1 is 1.06 bits per heavy atom. The normalized spacial score (nSPS) is 16.2. The number of nitrogens with zero attached hydrogens (tertiary/aromatic N) is 2. The molecule has 0 saturated carbocycles. The van der Waals surface area contributed by atoms with Gasteiger partial charge in [0.05, 0.1) is 24.5 Å². The highest BCUT2D eigenvalue weighted by Gasteiger charge is 2.32. The third-order valence-electron chi connectivity index (χ3n) is 5.78. The number of carbonyl (C=O) groups excluding carboxylic acids is 2. The number of hydrogen-bond donors (Lipinski definition) is 2. The van der Waals surface area contributed by atoms with Crippen molar-refractivity contribution in [1.29, 1.82) is 0 Å². The molecule has 33 heavy (non-hydrogen) atoms. The zero-order valence-electron chi connectivity index (χ0n) is 18.4. The average Bonchev–Trinajstić information content (AvgIpc) is 3.53. The molecule has 2 N–H and O–H groups in total. The largest absolute Gasteiger partial charge is 0.467 e. The number of thiophene rings is 1. The topological polar surface area (TPSA) is 77.8 Å². The number of hydrogen-bond acceptors (Lipinski definition) is 6. The van der Waals surface area contributed by atoms with Crippen molar-refractivity contribution < 1.29 is 18.4 Å². The molecule has 0 bridgehead atoms. The van der Waals surface area contributed by atoms with Crippen LogP contribution in [0.25, 0.3) is 0 Å². The average molecular weight is 471 g/mol. The van der Waals surface area contributed by atoms with Crippen molar-refractivity contribution in [1.82, 2.24) is 15.5 Å². The van der Waals surface area contributed by atoms with Gasteiger partial charge in [0, 0.05) is 37.1 Å². The summed E-state index contributed by atoms with van der Waals surface area (Å²) < 4.78 is 19.4. The van der Waals surface area contributed by atoms with Gasteiger partial charge in [0.15, 0.2) is 0 Å². The number of piperazine rings is 1. The van der Waals surface area contributed by atoms with Gasteiger partial charge in [-0.15, -0.1) is 11.3 Å². The maximum Gasteiger partial charge on any atom is 0.309 e. The lowest BCUT2D eigenvalue weighted by atomic mass is 10.0. The molecule has 1 aliphatic heterocycles. The molecule has 3 heterocycles. The van der Waals surface area contributed by atoms with Gasteiger partial charge in [-0.25, -0.2) is 4.39 Å². The van der Waals surface area contributed by atoms with Gasteiger partial charge in [0.1, 0.15) is 11.6 Å². The van der Waals surface area contributed by atoms with Crippen LogP contribution in [0.5, 0.6) is 0 Å². The molecule has 174 valence electrons. The fourth-order valence-corrected chi connectivity index (χ4v) is 5.13. The predicted octanol–water partition coefficient (Wildman–Crippen LogP) is 3.16. The van der Waals surface area contributed by atoms with Gasteiger partial charge >= 0.3 is 11.8 Å². The summed E-state index contributed by atoms with van der Waals surface area (Å²) in [5.74, 6) is -1.02. The van der Waals surface area contributed by atoms with E-state index in [1.807, 2.05) is 35.4 Å². The van der Waals surface area contributed by atoms with Crippen LogP contribution < -0.4 is 15.5 Å². The maximum absolute atomic E-state index is 14.2. The number of para-hydroxylation sites is 1. The highest BCUT2D eigenvalue weighted by molar-refractivity contribution is 7.10. The summed E-state index contributed by atoms with van der Waals surface area (Å²) in [6, 6.07) is 13.9. The predicted molar refractivity (Wildman–Crippen MR) is 125 cm³/mol. The van der Waals surface area contributed by atoms with Crippen LogP contribution in [-0.4, -0.2) is 48.9 Å². The van der Waals surface area contributed by atoms with Crippen LogP contribution in [0.2, 0.25) is 0 Å². The van der Waals surface area contributed by atoms with E-state index in [9.17, 15) is 14.0 Å². The van der Waals surface area contributed by atoms with Gasteiger partial charge in [-0.2, -0.15) is 0 Å². The van der Waals surface area contributed by atoms with Gasteiger partial charge in [-0.1, -0.05) is 18.2 Å². The minimum atomic E-state index is -0.701. The summed E-state index contributed by atoms with van der Waals surface area (Å²) in [5, 5.41) is 7.43. The van der Waals surface area contributed by atoms with Crippen LogP contribution in [0.15, 0.2) is 64.6 Å². The van der Waals surface area contributed by atoms with E-state index < -0.39 is 11.8 Å². The first kappa shape index (κ1) is 23.0. The Bertz CT molecular complexity index is 1050. The van der Waals surface area contributed by atoms with E-state index >= 15 is 0 Å². The van der Waals surface area contributed by atoms with Crippen molar-refractivity contribution in [3.05, 3.63) is 76.6 Å². The molecule has 3 aromatic rings. The molecule has 1 aliphatic rings. The van der Waals surface area contributed by atoms with Crippen molar-refractivity contribution in [2.75, 3.05) is 31.1 Å². The van der Waals surface area contributed by atoms with Crippen LogP contribution in [0.1, 0.15) is 23.6 Å². The molecule has 1 fully saturated rings. The number of rotatable bonds is 7. The van der Waals surface area contributed by atoms with E-state index in [1.165, 1.54) is 12.3 Å². The van der Waals surface area contributed by atoms with Gasteiger partial charge in [-0.3, -0.25) is 14.5 Å². The van der Waals surface area contributed by atoms with E-state index in [4.69, 9.17) is 4.42 Å². The summed E-state index contributed by atoms with van der Waals surface area (Å²) in [4.78, 5) is 30.2. The van der Waals surface area contributed by atoms with Crippen molar-refractivity contribution >= 4 is 28.8 Å². The first-order valence-electron chi connectivity index (χ1n) is 10.9. The lowest BCUT2D eigenvalue weighted by molar-refractivity contribution is -0.140. The summed E-state index contributed by atoms with van der Waals surface area (Å²) in [6.07, 6.45) is 1.52. The maximum atomic E-state index is 14.2. The molecule has 9 heteroatoms. The van der Waals surface area contributed by atoms with E-state index in [2.05, 4.69) is 15.5 Å². The Balaban J connectivity index is 1.38. The highest BCUT2D eigenvalue weighted by atomic mass is 32.1. The molecule has 7 nitrogen and oxygen atoms in total. The van der Waals surface area contributed by atoms with Crippen LogP contribution in [0.3, 0.4) is 0 Å². The number of halogens is 1. The molecule has 0 unspecified atom stereocenters. The molecule has 4 rings (SSSR count). The molecule has 1 saturated heterocycles. The molecule has 1 aromatic carbocycles. The fraction of sp³-hybridized carbons (Fsp3) is 0.333. The molecule has 2 aromatic heterocycles. The van der Waals surface area contributed by atoms with Crippen LogP contribution in [0.4, 0.5) is 10.1 Å². The van der Waals surface area contributed by atoms with Crippen molar-refractivity contribution in [2.24, 2.45) is 0 Å². The van der Waals surface area contributed by atoms with Crippen LogP contribution in [-0.2, 0) is 16.1 Å². The second kappa shape index (κ2) is 10.6. The number of anilines is 1. The summed E-state index contributed by atoms with van der Waals surface area (Å²) in [5.41, 5.74) is 0.611. The lowest BCUT2D eigenvalue weighted by Crippen LogP contribution is -2.53. The van der Waals surface area contributed by atoms with Crippen LogP contribution in [0, 0.1) is 5.82 Å². The first-order valence-corrected chi connectivity index (χ1v) is 11.8. The second-order valence-electron chi connectivity index (χ2n) is 7.96. The number of furan rings is 1. The van der Waals surface area contributed by atoms with E-state index in [1.54, 1.807) is 35.6 Å². The molecular formula is C24H27FN4O3S. The Kier molecular flexibility index (Phi) is 7.41. The van der Waals surface area contributed by atoms with Gasteiger partial charge in [-0.05, 0) is 42.6 Å². The number of carbonyl (C=O) groups is 2. The third-order valence-corrected chi connectivity index (χ3v) is 6.72. The standard InChI is InChI=1S/C24H27FN4O3S/c1-17(27-24(31)23(30)26-16-18-6-4-14-32-18)22(21-9-5-15-33-21)29-12-10-28(11-13-29)20-8-3-2-7-19(20)25/h2-9,14-15,17,22H,10-13,16H2,1H3,(H,26,30)(H,27,31)/t17-,22-/m0/s1. The Morgan fingerprint density at radius 2 is 1.85 bits per heavy atom. The lowest BCUT2D eigenvalue weighted by Gasteiger charge is -2.42. The van der Waals surface area contributed by atoms with Crippen molar-refractivity contribution in [3.8, 4) is 0 Å². The molecule has 0 aliphatic carbocycles. The smallest absolute Gasteiger partial charge is 0.309 e. The number of nitrogens with one attached hydrogen (secondary N) is 2. The second-order valence-corrected chi connectivity index (χ2v) is 8.94. The Morgan fingerprint density at radius 3 is 2.52 bits per heavy atom. The van der Waals surface area contributed by atoms with E-state index in [0.29, 0.717) is 37.6 Å². The van der Waals surface area contributed by atoms with Gasteiger partial charge < -0.3 is 20.0 Å². The summed E-state index contributed by atoms with van der Waals surface area (Å²) in [7, 11) is 0. The number of benzene rings is 1. The van der Waals surface area contributed by atoms with Crippen LogP contribution >= 0.6 is 11.3 Å². The monoisotopic (exact) mass is 470 g/mol. The molecular weight excluding hydrogens is 443 g/mol.